The Morgan fingerprint density at radius 1 is 1.31 bits per heavy atom. The lowest BCUT2D eigenvalue weighted by Crippen LogP contribution is -2.34. The van der Waals surface area contributed by atoms with Gasteiger partial charge in [0.2, 0.25) is 0 Å². The lowest BCUT2D eigenvalue weighted by molar-refractivity contribution is 0.0720. The van der Waals surface area contributed by atoms with E-state index >= 15 is 0 Å². The van der Waals surface area contributed by atoms with Crippen molar-refractivity contribution >= 4 is 5.91 Å². The summed E-state index contributed by atoms with van der Waals surface area (Å²) >= 11 is 0. The third kappa shape index (κ3) is 3.26. The number of rotatable bonds is 5. The number of aryl methyl sites for hydroxylation is 2. The van der Waals surface area contributed by atoms with Crippen LogP contribution in [0.5, 0.6) is 0 Å². The van der Waals surface area contributed by atoms with Crippen molar-refractivity contribution in [2.24, 2.45) is 24.8 Å². The SMILES string of the molecule is Cc1cc(CN(CC2[C@H]3CN(C)C[C@@H]23)C(=O)c2cn(C)cn2)ccc1F. The number of nitrogens with zero attached hydrogens (tertiary/aromatic N) is 4. The number of halogens is 1. The van der Waals surface area contributed by atoms with Crippen LogP contribution >= 0.6 is 0 Å². The number of piperidine rings is 1. The lowest BCUT2D eigenvalue weighted by Gasteiger charge is -2.24. The number of amides is 1. The first-order chi connectivity index (χ1) is 12.4. The fourth-order valence-corrected chi connectivity index (χ4v) is 4.32. The average Bonchev–Trinajstić information content (AvgIpc) is 2.94. The van der Waals surface area contributed by atoms with Gasteiger partial charge >= 0.3 is 0 Å². The van der Waals surface area contributed by atoms with Crippen LogP contribution in [0.25, 0.3) is 0 Å². The molecule has 1 saturated carbocycles. The summed E-state index contributed by atoms with van der Waals surface area (Å²) in [6, 6.07) is 5.08. The molecule has 2 heterocycles. The monoisotopic (exact) mass is 356 g/mol. The molecule has 1 aliphatic heterocycles. The Bertz CT molecular complexity index is 821. The fourth-order valence-electron chi connectivity index (χ4n) is 4.32. The predicted octanol–water partition coefficient (Wildman–Crippen LogP) is 2.32. The zero-order valence-corrected chi connectivity index (χ0v) is 15.5. The molecule has 1 aromatic heterocycles. The first-order valence-corrected chi connectivity index (χ1v) is 9.13. The highest BCUT2D eigenvalue weighted by atomic mass is 19.1. The van der Waals surface area contributed by atoms with Crippen molar-refractivity contribution < 1.29 is 9.18 Å². The highest BCUT2D eigenvalue weighted by Gasteiger charge is 2.55. The zero-order chi connectivity index (χ0) is 18.4. The van der Waals surface area contributed by atoms with Crippen LogP contribution in [0.1, 0.15) is 21.6 Å². The summed E-state index contributed by atoms with van der Waals surface area (Å²) in [5.41, 5.74) is 2.03. The molecule has 26 heavy (non-hydrogen) atoms. The van der Waals surface area contributed by atoms with Crippen molar-refractivity contribution in [2.45, 2.75) is 13.5 Å². The Balaban J connectivity index is 1.52. The Morgan fingerprint density at radius 2 is 2.04 bits per heavy atom. The van der Waals surface area contributed by atoms with E-state index in [1.807, 2.05) is 18.0 Å². The number of hydrogen-bond donors (Lipinski definition) is 0. The first kappa shape index (κ1) is 17.2. The second-order valence-electron chi connectivity index (χ2n) is 7.91. The van der Waals surface area contributed by atoms with E-state index < -0.39 is 0 Å². The lowest BCUT2D eigenvalue weighted by atomic mass is 10.1. The predicted molar refractivity (Wildman–Crippen MR) is 97.1 cm³/mol. The van der Waals surface area contributed by atoms with Crippen LogP contribution < -0.4 is 0 Å². The van der Waals surface area contributed by atoms with Crippen molar-refractivity contribution in [3.63, 3.8) is 0 Å². The van der Waals surface area contributed by atoms with Crippen molar-refractivity contribution in [2.75, 3.05) is 26.7 Å². The minimum Gasteiger partial charge on any atom is -0.340 e. The molecule has 6 heteroatoms. The second kappa shape index (κ2) is 6.50. The van der Waals surface area contributed by atoms with Gasteiger partial charge in [0, 0.05) is 39.4 Å². The van der Waals surface area contributed by atoms with Crippen LogP contribution in [-0.2, 0) is 13.6 Å². The van der Waals surface area contributed by atoms with Gasteiger partial charge in [-0.2, -0.15) is 0 Å². The molecule has 1 aliphatic carbocycles. The van der Waals surface area contributed by atoms with Gasteiger partial charge in [-0.1, -0.05) is 12.1 Å². The standard InChI is InChI=1S/C20H25FN4O/c1-13-6-14(4-5-18(13)21)7-25(20(26)19-11-24(3)12-22-19)10-17-15-8-23(2)9-16(15)17/h4-6,11-12,15-17H,7-10H2,1-3H3/t15-,16+,17?. The van der Waals surface area contributed by atoms with E-state index in [9.17, 15) is 9.18 Å². The Morgan fingerprint density at radius 3 is 2.65 bits per heavy atom. The molecule has 2 aromatic rings. The average molecular weight is 356 g/mol. The molecule has 138 valence electrons. The van der Waals surface area contributed by atoms with E-state index in [1.165, 1.54) is 6.07 Å². The number of fused-ring (bicyclic) bond motifs is 1. The number of likely N-dealkylation sites (tertiary alicyclic amines) is 1. The van der Waals surface area contributed by atoms with Crippen molar-refractivity contribution in [1.29, 1.82) is 0 Å². The highest BCUT2D eigenvalue weighted by Crippen LogP contribution is 2.51. The van der Waals surface area contributed by atoms with Gasteiger partial charge < -0.3 is 14.4 Å². The minimum absolute atomic E-state index is 0.0501. The van der Waals surface area contributed by atoms with Gasteiger partial charge in [-0.3, -0.25) is 4.79 Å². The normalized spacial score (nSPS) is 24.5. The van der Waals surface area contributed by atoms with E-state index in [0.29, 0.717) is 35.6 Å². The number of carbonyl (C=O) groups is 1. The topological polar surface area (TPSA) is 41.4 Å². The van der Waals surface area contributed by atoms with Gasteiger partial charge in [-0.25, -0.2) is 9.37 Å². The molecule has 1 aromatic carbocycles. The van der Waals surface area contributed by atoms with Crippen LogP contribution in [-0.4, -0.2) is 51.9 Å². The van der Waals surface area contributed by atoms with Gasteiger partial charge in [0.05, 0.1) is 6.33 Å². The Labute approximate surface area is 153 Å². The molecule has 2 fully saturated rings. The van der Waals surface area contributed by atoms with E-state index in [0.717, 1.165) is 25.2 Å². The third-order valence-corrected chi connectivity index (χ3v) is 5.79. The maximum Gasteiger partial charge on any atom is 0.274 e. The summed E-state index contributed by atoms with van der Waals surface area (Å²) in [7, 11) is 4.01. The van der Waals surface area contributed by atoms with Crippen LogP contribution in [0, 0.1) is 30.5 Å². The number of imidazole rings is 1. The number of aromatic nitrogens is 2. The third-order valence-electron chi connectivity index (χ3n) is 5.79. The molecule has 1 unspecified atom stereocenters. The van der Waals surface area contributed by atoms with E-state index in [2.05, 4.69) is 16.9 Å². The van der Waals surface area contributed by atoms with E-state index in [-0.39, 0.29) is 11.7 Å². The molecule has 0 N–H and O–H groups in total. The zero-order valence-electron chi connectivity index (χ0n) is 15.5. The highest BCUT2D eigenvalue weighted by molar-refractivity contribution is 5.92. The van der Waals surface area contributed by atoms with Gasteiger partial charge in [-0.05, 0) is 48.9 Å². The number of hydrogen-bond acceptors (Lipinski definition) is 3. The summed E-state index contributed by atoms with van der Waals surface area (Å²) in [5, 5.41) is 0. The quantitative estimate of drug-likeness (QED) is 0.826. The molecule has 1 saturated heterocycles. The molecule has 5 nitrogen and oxygen atoms in total. The van der Waals surface area contributed by atoms with Crippen LogP contribution in [0.15, 0.2) is 30.7 Å². The van der Waals surface area contributed by atoms with Crippen molar-refractivity contribution in [3.05, 3.63) is 53.4 Å². The molecule has 1 amide bonds. The molecular weight excluding hydrogens is 331 g/mol. The Hall–Kier alpha value is -2.21. The van der Waals surface area contributed by atoms with Gasteiger partial charge in [-0.15, -0.1) is 0 Å². The number of carbonyl (C=O) groups excluding carboxylic acids is 1. The Kier molecular flexibility index (Phi) is 4.31. The van der Waals surface area contributed by atoms with Crippen LogP contribution in [0.4, 0.5) is 4.39 Å². The molecule has 3 atom stereocenters. The minimum atomic E-state index is -0.212. The van der Waals surface area contributed by atoms with Gasteiger partial charge in [0.1, 0.15) is 11.5 Å². The summed E-state index contributed by atoms with van der Waals surface area (Å²) in [5.74, 6) is 1.71. The second-order valence-corrected chi connectivity index (χ2v) is 7.91. The smallest absolute Gasteiger partial charge is 0.274 e. The maximum atomic E-state index is 13.6. The summed E-state index contributed by atoms with van der Waals surface area (Å²) in [6.45, 7) is 5.23. The van der Waals surface area contributed by atoms with Crippen molar-refractivity contribution in [1.82, 2.24) is 19.4 Å². The van der Waals surface area contributed by atoms with Gasteiger partial charge in [0.25, 0.3) is 5.91 Å². The first-order valence-electron chi connectivity index (χ1n) is 9.13. The fraction of sp³-hybridized carbons (Fsp3) is 0.500. The molecular formula is C20H25FN4O. The van der Waals surface area contributed by atoms with Crippen LogP contribution in [0.3, 0.4) is 0 Å². The van der Waals surface area contributed by atoms with Gasteiger partial charge in [0.15, 0.2) is 0 Å². The summed E-state index contributed by atoms with van der Waals surface area (Å²) in [4.78, 5) is 21.5. The summed E-state index contributed by atoms with van der Waals surface area (Å²) in [6.07, 6.45) is 3.40. The molecule has 2 aliphatic rings. The molecule has 4 rings (SSSR count). The summed E-state index contributed by atoms with van der Waals surface area (Å²) < 4.78 is 15.4. The maximum absolute atomic E-state index is 13.6. The van der Waals surface area contributed by atoms with Crippen LogP contribution in [0.2, 0.25) is 0 Å². The van der Waals surface area contributed by atoms with Crippen molar-refractivity contribution in [3.8, 4) is 0 Å². The number of benzene rings is 1. The molecule has 0 spiro atoms. The molecule has 0 radical (unpaired) electrons. The molecule has 0 bridgehead atoms. The largest absolute Gasteiger partial charge is 0.340 e. The van der Waals surface area contributed by atoms with E-state index in [1.54, 1.807) is 30.1 Å². The van der Waals surface area contributed by atoms with E-state index in [4.69, 9.17) is 0 Å².